The van der Waals surface area contributed by atoms with E-state index in [4.69, 9.17) is 18.0 Å². The molecule has 0 aliphatic carbocycles. The molecule has 1 heterocycles. The first-order chi connectivity index (χ1) is 8.51. The lowest BCUT2D eigenvalue weighted by Gasteiger charge is -2.22. The normalized spacial score (nSPS) is 12.2. The highest BCUT2D eigenvalue weighted by Gasteiger charge is 2.16. The van der Waals surface area contributed by atoms with E-state index in [0.717, 1.165) is 6.42 Å². The largest absolute Gasteiger partial charge is 0.376 e. The van der Waals surface area contributed by atoms with Crippen LogP contribution in [0.15, 0.2) is 11.0 Å². The molecule has 1 atom stereocenters. The third kappa shape index (κ3) is 3.27. The fraction of sp³-hybridized carbons (Fsp3) is 0.538. The molecular formula is C13H18ClN3O. The van der Waals surface area contributed by atoms with Crippen molar-refractivity contribution >= 4 is 17.3 Å². The zero-order valence-corrected chi connectivity index (χ0v) is 11.7. The lowest BCUT2D eigenvalue weighted by molar-refractivity contribution is 0.509. The van der Waals surface area contributed by atoms with Gasteiger partial charge >= 0.3 is 0 Å². The first-order valence-corrected chi connectivity index (χ1v) is 6.34. The maximum atomic E-state index is 12.1. The highest BCUT2D eigenvalue weighted by atomic mass is 35.5. The van der Waals surface area contributed by atoms with Gasteiger partial charge in [-0.2, -0.15) is 5.10 Å². The zero-order chi connectivity index (χ0) is 13.7. The van der Waals surface area contributed by atoms with Crippen LogP contribution >= 0.6 is 11.6 Å². The zero-order valence-electron chi connectivity index (χ0n) is 10.9. The van der Waals surface area contributed by atoms with Gasteiger partial charge in [-0.1, -0.05) is 38.3 Å². The number of hydrogen-bond acceptors (Lipinski definition) is 3. The Balaban J connectivity index is 3.12. The second kappa shape index (κ2) is 6.46. The van der Waals surface area contributed by atoms with E-state index in [1.807, 2.05) is 0 Å². The molecule has 0 fully saturated rings. The number of anilines is 1. The number of terminal acetylenes is 1. The van der Waals surface area contributed by atoms with Crippen molar-refractivity contribution in [3.05, 3.63) is 21.6 Å². The summed E-state index contributed by atoms with van der Waals surface area (Å²) < 4.78 is 1.22. The average Bonchev–Trinajstić information content (AvgIpc) is 2.32. The Morgan fingerprint density at radius 3 is 2.78 bits per heavy atom. The highest BCUT2D eigenvalue weighted by molar-refractivity contribution is 6.33. The van der Waals surface area contributed by atoms with Crippen LogP contribution in [0.5, 0.6) is 0 Å². The van der Waals surface area contributed by atoms with Crippen molar-refractivity contribution in [1.82, 2.24) is 9.78 Å². The van der Waals surface area contributed by atoms with Crippen molar-refractivity contribution in [3.63, 3.8) is 0 Å². The summed E-state index contributed by atoms with van der Waals surface area (Å²) in [6, 6.07) is 0.192. The number of nitrogens with one attached hydrogen (secondary N) is 1. The molecule has 0 aliphatic heterocycles. The molecule has 4 nitrogen and oxygen atoms in total. The van der Waals surface area contributed by atoms with Crippen LogP contribution in [0, 0.1) is 18.3 Å². The maximum Gasteiger partial charge on any atom is 0.292 e. The van der Waals surface area contributed by atoms with Gasteiger partial charge in [-0.3, -0.25) is 4.79 Å². The second-order valence-corrected chi connectivity index (χ2v) is 4.84. The highest BCUT2D eigenvalue weighted by Crippen LogP contribution is 2.19. The third-order valence-electron chi connectivity index (χ3n) is 2.81. The van der Waals surface area contributed by atoms with Crippen LogP contribution in [-0.2, 0) is 6.54 Å². The molecule has 1 N–H and O–H groups in total. The molecule has 5 heteroatoms. The number of halogens is 1. The van der Waals surface area contributed by atoms with E-state index >= 15 is 0 Å². The number of rotatable bonds is 5. The summed E-state index contributed by atoms with van der Waals surface area (Å²) in [7, 11) is 0. The minimum atomic E-state index is -0.278. The fourth-order valence-electron chi connectivity index (χ4n) is 1.72. The van der Waals surface area contributed by atoms with E-state index < -0.39 is 0 Å². The minimum absolute atomic E-state index is 0.142. The average molecular weight is 268 g/mol. The van der Waals surface area contributed by atoms with Gasteiger partial charge in [0.15, 0.2) is 0 Å². The van der Waals surface area contributed by atoms with Gasteiger partial charge in [-0.05, 0) is 12.3 Å². The van der Waals surface area contributed by atoms with Gasteiger partial charge < -0.3 is 5.32 Å². The molecule has 0 saturated heterocycles. The van der Waals surface area contributed by atoms with E-state index in [1.165, 1.54) is 10.9 Å². The van der Waals surface area contributed by atoms with Crippen LogP contribution in [-0.4, -0.2) is 15.8 Å². The molecule has 0 bridgehead atoms. The first-order valence-electron chi connectivity index (χ1n) is 5.96. The van der Waals surface area contributed by atoms with Gasteiger partial charge in [0.05, 0.1) is 11.2 Å². The van der Waals surface area contributed by atoms with Crippen LogP contribution in [0.1, 0.15) is 27.2 Å². The van der Waals surface area contributed by atoms with Gasteiger partial charge in [-0.25, -0.2) is 4.68 Å². The lowest BCUT2D eigenvalue weighted by Crippen LogP contribution is -2.32. The predicted octanol–water partition coefficient (Wildman–Crippen LogP) is 2.38. The Labute approximate surface area is 112 Å². The van der Waals surface area contributed by atoms with Crippen molar-refractivity contribution in [2.24, 2.45) is 5.92 Å². The van der Waals surface area contributed by atoms with E-state index in [-0.39, 0.29) is 18.1 Å². The Hall–Kier alpha value is -1.47. The molecular weight excluding hydrogens is 250 g/mol. The summed E-state index contributed by atoms with van der Waals surface area (Å²) in [4.78, 5) is 12.1. The van der Waals surface area contributed by atoms with Crippen LogP contribution in [0.2, 0.25) is 5.02 Å². The van der Waals surface area contributed by atoms with E-state index in [9.17, 15) is 4.79 Å². The van der Waals surface area contributed by atoms with Crippen LogP contribution in [0.25, 0.3) is 0 Å². The SMILES string of the molecule is C#CCn1ncc(Cl)c(NC(CC)C(C)C)c1=O. The Bertz CT molecular complexity index is 502. The van der Waals surface area contributed by atoms with Gasteiger partial charge in [0.2, 0.25) is 0 Å². The van der Waals surface area contributed by atoms with Crippen molar-refractivity contribution in [3.8, 4) is 12.3 Å². The summed E-state index contributed by atoms with van der Waals surface area (Å²) >= 11 is 6.02. The summed E-state index contributed by atoms with van der Waals surface area (Å²) in [5.41, 5.74) is 0.0991. The first kappa shape index (κ1) is 14.6. The molecule has 1 aromatic rings. The minimum Gasteiger partial charge on any atom is -0.376 e. The molecule has 1 unspecified atom stereocenters. The van der Waals surface area contributed by atoms with Crippen LogP contribution in [0.4, 0.5) is 5.69 Å². The van der Waals surface area contributed by atoms with Gasteiger partial charge in [-0.15, -0.1) is 6.42 Å². The molecule has 0 aromatic carbocycles. The molecule has 98 valence electrons. The maximum absolute atomic E-state index is 12.1. The van der Waals surface area contributed by atoms with E-state index in [0.29, 0.717) is 16.6 Å². The number of aromatic nitrogens is 2. The van der Waals surface area contributed by atoms with Gasteiger partial charge in [0.25, 0.3) is 5.56 Å². The van der Waals surface area contributed by atoms with Crippen molar-refractivity contribution in [1.29, 1.82) is 0 Å². The second-order valence-electron chi connectivity index (χ2n) is 4.44. The molecule has 1 rings (SSSR count). The smallest absolute Gasteiger partial charge is 0.292 e. The lowest BCUT2D eigenvalue weighted by atomic mass is 10.0. The summed E-state index contributed by atoms with van der Waals surface area (Å²) in [5.74, 6) is 2.79. The summed E-state index contributed by atoms with van der Waals surface area (Å²) in [6.45, 7) is 6.39. The molecule has 0 radical (unpaired) electrons. The number of hydrogen-bond donors (Lipinski definition) is 1. The van der Waals surface area contributed by atoms with Gasteiger partial charge in [0.1, 0.15) is 12.2 Å². The standard InChI is InChI=1S/C13H18ClN3O/c1-5-7-17-13(18)12(10(14)8-15-17)16-11(6-2)9(3)4/h1,8-9,11,16H,6-7H2,2-4H3. The number of nitrogens with zero attached hydrogens (tertiary/aromatic N) is 2. The molecule has 0 spiro atoms. The summed E-state index contributed by atoms with van der Waals surface area (Å²) in [5, 5.41) is 7.41. The van der Waals surface area contributed by atoms with Crippen molar-refractivity contribution in [2.75, 3.05) is 5.32 Å². The van der Waals surface area contributed by atoms with Crippen LogP contribution in [0.3, 0.4) is 0 Å². The van der Waals surface area contributed by atoms with E-state index in [2.05, 4.69) is 37.1 Å². The topological polar surface area (TPSA) is 46.9 Å². The van der Waals surface area contributed by atoms with E-state index in [1.54, 1.807) is 0 Å². The quantitative estimate of drug-likeness (QED) is 0.834. The van der Waals surface area contributed by atoms with Crippen LogP contribution < -0.4 is 10.9 Å². The Morgan fingerprint density at radius 1 is 1.61 bits per heavy atom. The predicted molar refractivity (Wildman–Crippen MR) is 74.9 cm³/mol. The molecule has 18 heavy (non-hydrogen) atoms. The summed E-state index contributed by atoms with van der Waals surface area (Å²) in [6.07, 6.45) is 7.54. The van der Waals surface area contributed by atoms with Crippen molar-refractivity contribution < 1.29 is 0 Å². The third-order valence-corrected chi connectivity index (χ3v) is 3.10. The fourth-order valence-corrected chi connectivity index (χ4v) is 1.90. The Kier molecular flexibility index (Phi) is 5.24. The van der Waals surface area contributed by atoms with Crippen molar-refractivity contribution in [2.45, 2.75) is 39.8 Å². The molecule has 0 saturated carbocycles. The van der Waals surface area contributed by atoms with Gasteiger partial charge in [0, 0.05) is 6.04 Å². The molecule has 0 amide bonds. The molecule has 1 aromatic heterocycles. The monoisotopic (exact) mass is 267 g/mol. The Morgan fingerprint density at radius 2 is 2.28 bits per heavy atom. The molecule has 0 aliphatic rings.